The molecule has 7 heteroatoms. The van der Waals surface area contributed by atoms with Crippen LogP contribution in [0.2, 0.25) is 0 Å². The summed E-state index contributed by atoms with van der Waals surface area (Å²) in [7, 11) is 0. The number of β-amino-alcohol motifs (C(OH)–C–C–N with tert-alkyl or cyclic N) is 1. The summed E-state index contributed by atoms with van der Waals surface area (Å²) in [4.78, 5) is 8.50. The average molecular weight is 311 g/mol. The number of aliphatic hydroxyl groups excluding tert-OH is 1. The van der Waals surface area contributed by atoms with E-state index >= 15 is 0 Å². The first-order chi connectivity index (χ1) is 8.72. The van der Waals surface area contributed by atoms with Crippen molar-refractivity contribution >= 4 is 15.9 Å². The topological polar surface area (TPSA) is 84.1 Å². The number of hydrogen-bond acceptors (Lipinski definition) is 6. The molecule has 2 aromatic heterocycles. The molecule has 0 spiro atoms. The lowest BCUT2D eigenvalue weighted by molar-refractivity contribution is 0.191. The SMILES string of the molecule is O[C@H]1CN[C@@H](c2nc(-c3ccc(Br)cn3)no2)C1. The smallest absolute Gasteiger partial charge is 0.244 e. The van der Waals surface area contributed by atoms with Crippen molar-refractivity contribution in [1.82, 2.24) is 20.4 Å². The van der Waals surface area contributed by atoms with Crippen LogP contribution in [-0.2, 0) is 0 Å². The van der Waals surface area contributed by atoms with Crippen LogP contribution in [0.5, 0.6) is 0 Å². The Bertz CT molecular complexity index is 542. The summed E-state index contributed by atoms with van der Waals surface area (Å²) in [6, 6.07) is 3.61. The van der Waals surface area contributed by atoms with Crippen molar-refractivity contribution in [2.24, 2.45) is 0 Å². The van der Waals surface area contributed by atoms with Gasteiger partial charge in [-0.15, -0.1) is 0 Å². The minimum Gasteiger partial charge on any atom is -0.392 e. The van der Waals surface area contributed by atoms with Crippen molar-refractivity contribution in [1.29, 1.82) is 0 Å². The molecule has 0 saturated carbocycles. The standard InChI is InChI=1S/C11H11BrN4O2/c12-6-1-2-8(13-4-6)10-15-11(18-16-10)9-3-7(17)5-14-9/h1-2,4,7,9,14,17H,3,5H2/t7-,9-/m1/s1. The first kappa shape index (κ1) is 11.8. The Hall–Kier alpha value is -1.31. The Labute approximate surface area is 112 Å². The van der Waals surface area contributed by atoms with Crippen LogP contribution in [0.1, 0.15) is 18.4 Å². The van der Waals surface area contributed by atoms with E-state index in [9.17, 15) is 5.11 Å². The van der Waals surface area contributed by atoms with Crippen molar-refractivity contribution in [2.75, 3.05) is 6.54 Å². The number of nitrogens with zero attached hydrogens (tertiary/aromatic N) is 3. The van der Waals surface area contributed by atoms with Gasteiger partial charge in [-0.25, -0.2) is 0 Å². The highest BCUT2D eigenvalue weighted by Crippen LogP contribution is 2.24. The molecule has 0 aromatic carbocycles. The van der Waals surface area contributed by atoms with E-state index in [4.69, 9.17) is 4.52 Å². The van der Waals surface area contributed by atoms with Gasteiger partial charge in [0.05, 0.1) is 12.1 Å². The maximum Gasteiger partial charge on any atom is 0.244 e. The molecule has 0 aliphatic carbocycles. The molecule has 1 aliphatic rings. The lowest BCUT2D eigenvalue weighted by atomic mass is 10.2. The average Bonchev–Trinajstić information content (AvgIpc) is 2.98. The third kappa shape index (κ3) is 2.29. The highest BCUT2D eigenvalue weighted by Gasteiger charge is 2.28. The van der Waals surface area contributed by atoms with E-state index in [1.165, 1.54) is 0 Å². The molecule has 3 heterocycles. The Balaban J connectivity index is 1.83. The summed E-state index contributed by atoms with van der Waals surface area (Å²) in [5, 5.41) is 16.5. The van der Waals surface area contributed by atoms with Gasteiger partial charge >= 0.3 is 0 Å². The third-order valence-electron chi connectivity index (χ3n) is 2.80. The zero-order valence-electron chi connectivity index (χ0n) is 9.38. The Morgan fingerprint density at radius 1 is 1.44 bits per heavy atom. The van der Waals surface area contributed by atoms with Gasteiger partial charge in [0, 0.05) is 17.2 Å². The van der Waals surface area contributed by atoms with Gasteiger partial charge in [-0.3, -0.25) is 4.98 Å². The van der Waals surface area contributed by atoms with E-state index in [1.807, 2.05) is 12.1 Å². The molecule has 2 atom stereocenters. The van der Waals surface area contributed by atoms with E-state index < -0.39 is 0 Å². The lowest BCUT2D eigenvalue weighted by Gasteiger charge is -2.01. The molecule has 1 fully saturated rings. The molecule has 1 saturated heterocycles. The van der Waals surface area contributed by atoms with E-state index in [2.05, 4.69) is 36.4 Å². The van der Waals surface area contributed by atoms with Crippen molar-refractivity contribution in [3.8, 4) is 11.5 Å². The van der Waals surface area contributed by atoms with Crippen LogP contribution in [-0.4, -0.2) is 32.9 Å². The Morgan fingerprint density at radius 3 is 3.00 bits per heavy atom. The molecule has 6 nitrogen and oxygen atoms in total. The minimum atomic E-state index is -0.351. The largest absolute Gasteiger partial charge is 0.392 e. The number of pyridine rings is 1. The molecule has 3 rings (SSSR count). The molecule has 0 amide bonds. The van der Waals surface area contributed by atoms with Gasteiger partial charge < -0.3 is 14.9 Å². The van der Waals surface area contributed by atoms with Crippen LogP contribution in [0.25, 0.3) is 11.5 Å². The van der Waals surface area contributed by atoms with Gasteiger partial charge in [-0.1, -0.05) is 5.16 Å². The summed E-state index contributed by atoms with van der Waals surface area (Å²) in [5.74, 6) is 0.951. The molecule has 0 unspecified atom stereocenters. The molecule has 2 N–H and O–H groups in total. The molecule has 1 aliphatic heterocycles. The summed E-state index contributed by atoms with van der Waals surface area (Å²) in [6.45, 7) is 0.554. The van der Waals surface area contributed by atoms with Crippen molar-refractivity contribution in [2.45, 2.75) is 18.6 Å². The van der Waals surface area contributed by atoms with E-state index in [1.54, 1.807) is 6.20 Å². The summed E-state index contributed by atoms with van der Waals surface area (Å²) >= 11 is 3.32. The highest BCUT2D eigenvalue weighted by atomic mass is 79.9. The fraction of sp³-hybridized carbons (Fsp3) is 0.364. The van der Waals surface area contributed by atoms with Crippen LogP contribution in [0, 0.1) is 0 Å². The fourth-order valence-electron chi connectivity index (χ4n) is 1.89. The maximum absolute atomic E-state index is 9.45. The summed E-state index contributed by atoms with van der Waals surface area (Å²) < 4.78 is 6.09. The summed E-state index contributed by atoms with van der Waals surface area (Å²) in [6.07, 6.45) is 1.93. The molecule has 0 bridgehead atoms. The van der Waals surface area contributed by atoms with Crippen molar-refractivity contribution in [3.63, 3.8) is 0 Å². The summed E-state index contributed by atoms with van der Waals surface area (Å²) in [5.41, 5.74) is 0.659. The molecule has 2 aromatic rings. The van der Waals surface area contributed by atoms with Crippen LogP contribution in [0.4, 0.5) is 0 Å². The molecule has 18 heavy (non-hydrogen) atoms. The second kappa shape index (κ2) is 4.75. The van der Waals surface area contributed by atoms with Crippen molar-refractivity contribution in [3.05, 3.63) is 28.7 Å². The van der Waals surface area contributed by atoms with Crippen LogP contribution >= 0.6 is 15.9 Å². The van der Waals surface area contributed by atoms with E-state index in [0.717, 1.165) is 4.47 Å². The first-order valence-electron chi connectivity index (χ1n) is 5.59. The Kier molecular flexibility index (Phi) is 3.11. The van der Waals surface area contributed by atoms with Gasteiger partial charge in [0.2, 0.25) is 11.7 Å². The van der Waals surface area contributed by atoms with Crippen LogP contribution < -0.4 is 5.32 Å². The van der Waals surface area contributed by atoms with Crippen molar-refractivity contribution < 1.29 is 9.63 Å². The second-order valence-electron chi connectivity index (χ2n) is 4.17. The monoisotopic (exact) mass is 310 g/mol. The molecule has 0 radical (unpaired) electrons. The minimum absolute atomic E-state index is 0.0725. The highest BCUT2D eigenvalue weighted by molar-refractivity contribution is 9.10. The maximum atomic E-state index is 9.45. The predicted octanol–water partition coefficient (Wildman–Crippen LogP) is 1.29. The normalized spacial score (nSPS) is 23.4. The van der Waals surface area contributed by atoms with Gasteiger partial charge in [0.15, 0.2) is 0 Å². The lowest BCUT2D eigenvalue weighted by Crippen LogP contribution is -2.15. The number of nitrogens with one attached hydrogen (secondary N) is 1. The zero-order chi connectivity index (χ0) is 12.5. The van der Waals surface area contributed by atoms with Gasteiger partial charge in [0.1, 0.15) is 5.69 Å². The number of halogens is 1. The zero-order valence-corrected chi connectivity index (χ0v) is 11.0. The number of hydrogen-bond donors (Lipinski definition) is 2. The molecular formula is C11H11BrN4O2. The second-order valence-corrected chi connectivity index (χ2v) is 5.08. The van der Waals surface area contributed by atoms with Crippen LogP contribution in [0.3, 0.4) is 0 Å². The molecule has 94 valence electrons. The van der Waals surface area contributed by atoms with Gasteiger partial charge in [0.25, 0.3) is 0 Å². The Morgan fingerprint density at radius 2 is 2.33 bits per heavy atom. The fourth-order valence-corrected chi connectivity index (χ4v) is 2.13. The third-order valence-corrected chi connectivity index (χ3v) is 3.27. The first-order valence-corrected chi connectivity index (χ1v) is 6.38. The molecular weight excluding hydrogens is 300 g/mol. The number of aliphatic hydroxyl groups is 1. The number of rotatable bonds is 2. The van der Waals surface area contributed by atoms with Gasteiger partial charge in [-0.05, 0) is 34.5 Å². The predicted molar refractivity (Wildman–Crippen MR) is 66.6 cm³/mol. The van der Waals surface area contributed by atoms with E-state index in [-0.39, 0.29) is 12.1 Å². The van der Waals surface area contributed by atoms with Crippen LogP contribution in [0.15, 0.2) is 27.3 Å². The number of aromatic nitrogens is 3. The van der Waals surface area contributed by atoms with E-state index in [0.29, 0.717) is 30.4 Å². The van der Waals surface area contributed by atoms with Gasteiger partial charge in [-0.2, -0.15) is 4.98 Å². The quantitative estimate of drug-likeness (QED) is 0.869.